The highest BCUT2D eigenvalue weighted by molar-refractivity contribution is 7.79. The Balaban J connectivity index is 2.03. The number of aryl methyl sites for hydroxylation is 1. The molecule has 106 valence electrons. The molecule has 0 saturated carbocycles. The molecule has 0 atom stereocenters. The number of para-hydroxylation sites is 1. The lowest BCUT2D eigenvalue weighted by molar-refractivity contribution is 0.884. The smallest absolute Gasteiger partial charge is 0.0967 e. The van der Waals surface area contributed by atoms with E-state index >= 15 is 0 Å². The average Bonchev–Trinajstić information content (AvgIpc) is 3.00. The van der Waals surface area contributed by atoms with E-state index in [1.807, 2.05) is 22.9 Å². The lowest BCUT2D eigenvalue weighted by Crippen LogP contribution is -1.94. The van der Waals surface area contributed by atoms with Crippen LogP contribution in [-0.2, 0) is 12.2 Å². The van der Waals surface area contributed by atoms with Crippen molar-refractivity contribution in [2.45, 2.75) is 19.1 Å². The summed E-state index contributed by atoms with van der Waals surface area (Å²) >= 11 is 4.44. The van der Waals surface area contributed by atoms with E-state index in [1.165, 1.54) is 5.56 Å². The van der Waals surface area contributed by atoms with Crippen molar-refractivity contribution in [3.63, 3.8) is 0 Å². The maximum Gasteiger partial charge on any atom is 0.0967 e. The molecule has 0 amide bonds. The third-order valence-electron chi connectivity index (χ3n) is 3.62. The molecule has 0 spiro atoms. The Kier molecular flexibility index (Phi) is 4.11. The number of thiol groups is 1. The Labute approximate surface area is 130 Å². The van der Waals surface area contributed by atoms with Gasteiger partial charge in [0, 0.05) is 23.1 Å². The van der Waals surface area contributed by atoms with Crippen molar-refractivity contribution in [1.29, 1.82) is 0 Å². The van der Waals surface area contributed by atoms with Gasteiger partial charge in [-0.2, -0.15) is 17.7 Å². The van der Waals surface area contributed by atoms with Gasteiger partial charge in [-0.1, -0.05) is 49.4 Å². The van der Waals surface area contributed by atoms with E-state index in [0.717, 1.165) is 28.9 Å². The van der Waals surface area contributed by atoms with Crippen LogP contribution in [0.1, 0.15) is 18.1 Å². The summed E-state index contributed by atoms with van der Waals surface area (Å²) in [5.41, 5.74) is 5.71. The van der Waals surface area contributed by atoms with Gasteiger partial charge in [-0.15, -0.1) is 0 Å². The third-order valence-corrected chi connectivity index (χ3v) is 3.96. The highest BCUT2D eigenvalue weighted by Crippen LogP contribution is 2.25. The van der Waals surface area contributed by atoms with Crippen LogP contribution in [0.4, 0.5) is 0 Å². The SMILES string of the molecule is CCc1ccc(-c2nn(-c3ccccc3)cc2CS)cc1. The van der Waals surface area contributed by atoms with E-state index in [-0.39, 0.29) is 0 Å². The zero-order valence-electron chi connectivity index (χ0n) is 12.0. The first-order valence-corrected chi connectivity index (χ1v) is 7.79. The van der Waals surface area contributed by atoms with Crippen LogP contribution >= 0.6 is 12.6 Å². The highest BCUT2D eigenvalue weighted by Gasteiger charge is 2.11. The summed E-state index contributed by atoms with van der Waals surface area (Å²) in [6.45, 7) is 2.16. The van der Waals surface area contributed by atoms with Crippen LogP contribution in [0.2, 0.25) is 0 Å². The largest absolute Gasteiger partial charge is 0.240 e. The summed E-state index contributed by atoms with van der Waals surface area (Å²) in [6, 6.07) is 18.8. The average molecular weight is 294 g/mol. The number of rotatable bonds is 4. The van der Waals surface area contributed by atoms with Crippen molar-refractivity contribution in [3.05, 3.63) is 71.9 Å². The molecule has 0 fully saturated rings. The van der Waals surface area contributed by atoms with Gasteiger partial charge in [0.15, 0.2) is 0 Å². The molecule has 2 nitrogen and oxygen atoms in total. The molecule has 2 aromatic carbocycles. The summed E-state index contributed by atoms with van der Waals surface area (Å²) in [6.07, 6.45) is 3.11. The van der Waals surface area contributed by atoms with Gasteiger partial charge in [0.1, 0.15) is 0 Å². The molecule has 1 heterocycles. The molecule has 21 heavy (non-hydrogen) atoms. The lowest BCUT2D eigenvalue weighted by atomic mass is 10.1. The first kappa shape index (κ1) is 14.0. The molecule has 0 aliphatic carbocycles. The van der Waals surface area contributed by atoms with Crippen molar-refractivity contribution in [2.24, 2.45) is 0 Å². The standard InChI is InChI=1S/C18H18N2S/c1-2-14-8-10-15(11-9-14)18-16(13-21)12-20(19-18)17-6-4-3-5-7-17/h3-12,21H,2,13H2,1H3. The lowest BCUT2D eigenvalue weighted by Gasteiger charge is -2.02. The van der Waals surface area contributed by atoms with Crippen LogP contribution in [0.15, 0.2) is 60.8 Å². The molecule has 0 unspecified atom stereocenters. The van der Waals surface area contributed by atoms with Crippen molar-refractivity contribution < 1.29 is 0 Å². The van der Waals surface area contributed by atoms with Crippen molar-refractivity contribution in [1.82, 2.24) is 9.78 Å². The number of nitrogens with zero attached hydrogens (tertiary/aromatic N) is 2. The Hall–Kier alpha value is -2.00. The quantitative estimate of drug-likeness (QED) is 0.700. The number of aromatic nitrogens is 2. The van der Waals surface area contributed by atoms with Crippen LogP contribution in [0.3, 0.4) is 0 Å². The molecule has 0 radical (unpaired) electrons. The van der Waals surface area contributed by atoms with E-state index in [1.54, 1.807) is 0 Å². The van der Waals surface area contributed by atoms with Gasteiger partial charge in [0.05, 0.1) is 11.4 Å². The van der Waals surface area contributed by atoms with Gasteiger partial charge in [-0.25, -0.2) is 4.68 Å². The maximum atomic E-state index is 4.74. The van der Waals surface area contributed by atoms with Gasteiger partial charge >= 0.3 is 0 Å². The van der Waals surface area contributed by atoms with Crippen LogP contribution in [0.25, 0.3) is 16.9 Å². The maximum absolute atomic E-state index is 4.74. The zero-order chi connectivity index (χ0) is 14.7. The summed E-state index contributed by atoms with van der Waals surface area (Å²) in [7, 11) is 0. The minimum Gasteiger partial charge on any atom is -0.240 e. The van der Waals surface area contributed by atoms with Gasteiger partial charge in [-0.3, -0.25) is 0 Å². The van der Waals surface area contributed by atoms with Crippen LogP contribution in [-0.4, -0.2) is 9.78 Å². The summed E-state index contributed by atoms with van der Waals surface area (Å²) in [5.74, 6) is 0.678. The fraction of sp³-hybridized carbons (Fsp3) is 0.167. The molecule has 0 bridgehead atoms. The van der Waals surface area contributed by atoms with Crippen molar-refractivity contribution in [3.8, 4) is 16.9 Å². The van der Waals surface area contributed by atoms with Crippen molar-refractivity contribution in [2.75, 3.05) is 0 Å². The molecular weight excluding hydrogens is 276 g/mol. The molecule has 1 aromatic heterocycles. The number of benzene rings is 2. The van der Waals surface area contributed by atoms with Crippen LogP contribution < -0.4 is 0 Å². The van der Waals surface area contributed by atoms with Gasteiger partial charge in [0.25, 0.3) is 0 Å². The van der Waals surface area contributed by atoms with Gasteiger partial charge in [0.2, 0.25) is 0 Å². The number of hydrogen-bond donors (Lipinski definition) is 1. The molecule has 0 aliphatic heterocycles. The first-order valence-electron chi connectivity index (χ1n) is 7.16. The molecule has 3 rings (SSSR count). The zero-order valence-corrected chi connectivity index (χ0v) is 12.9. The Morgan fingerprint density at radius 1 is 1.00 bits per heavy atom. The highest BCUT2D eigenvalue weighted by atomic mass is 32.1. The molecule has 0 aliphatic rings. The predicted molar refractivity (Wildman–Crippen MR) is 91.1 cm³/mol. The Morgan fingerprint density at radius 3 is 2.33 bits per heavy atom. The predicted octanol–water partition coefficient (Wildman–Crippen LogP) is 4.53. The van der Waals surface area contributed by atoms with E-state index in [2.05, 4.69) is 62.1 Å². The Morgan fingerprint density at radius 2 is 1.71 bits per heavy atom. The monoisotopic (exact) mass is 294 g/mol. The van der Waals surface area contributed by atoms with Gasteiger partial charge in [-0.05, 0) is 24.1 Å². The van der Waals surface area contributed by atoms with Crippen LogP contribution in [0, 0.1) is 0 Å². The second-order valence-corrected chi connectivity index (χ2v) is 5.31. The topological polar surface area (TPSA) is 17.8 Å². The number of hydrogen-bond acceptors (Lipinski definition) is 2. The van der Waals surface area contributed by atoms with Gasteiger partial charge < -0.3 is 0 Å². The second kappa shape index (κ2) is 6.19. The second-order valence-electron chi connectivity index (χ2n) is 4.99. The third kappa shape index (κ3) is 2.88. The molecule has 3 aromatic rings. The minimum atomic E-state index is 0.678. The van der Waals surface area contributed by atoms with E-state index in [0.29, 0.717) is 5.75 Å². The molecule has 3 heteroatoms. The van der Waals surface area contributed by atoms with E-state index < -0.39 is 0 Å². The first-order chi connectivity index (χ1) is 10.3. The van der Waals surface area contributed by atoms with E-state index in [4.69, 9.17) is 5.10 Å². The summed E-state index contributed by atoms with van der Waals surface area (Å²) in [5, 5.41) is 4.74. The minimum absolute atomic E-state index is 0.678. The van der Waals surface area contributed by atoms with Crippen molar-refractivity contribution >= 4 is 12.6 Å². The Bertz CT molecular complexity index is 715. The summed E-state index contributed by atoms with van der Waals surface area (Å²) in [4.78, 5) is 0. The normalized spacial score (nSPS) is 10.8. The fourth-order valence-corrected chi connectivity index (χ4v) is 2.61. The van der Waals surface area contributed by atoms with E-state index in [9.17, 15) is 0 Å². The molecular formula is C18H18N2S. The fourth-order valence-electron chi connectivity index (χ4n) is 2.38. The summed E-state index contributed by atoms with van der Waals surface area (Å²) < 4.78 is 1.93. The molecule has 0 saturated heterocycles. The molecule has 0 N–H and O–H groups in total. The van der Waals surface area contributed by atoms with Crippen LogP contribution in [0.5, 0.6) is 0 Å².